The number of pyridine rings is 1. The lowest BCUT2D eigenvalue weighted by Crippen LogP contribution is -2.45. The predicted molar refractivity (Wildman–Crippen MR) is 106 cm³/mol. The number of carbonyl (C=O) groups is 2. The van der Waals surface area contributed by atoms with Crippen molar-refractivity contribution in [1.29, 1.82) is 0 Å². The lowest BCUT2D eigenvalue weighted by molar-refractivity contribution is -0.150. The molecule has 3 atom stereocenters. The van der Waals surface area contributed by atoms with Crippen LogP contribution in [0.4, 0.5) is 0 Å². The average Bonchev–Trinajstić information content (AvgIpc) is 2.68. The van der Waals surface area contributed by atoms with Gasteiger partial charge in [0.05, 0.1) is 11.2 Å². The van der Waals surface area contributed by atoms with Gasteiger partial charge in [-0.15, -0.1) is 0 Å². The van der Waals surface area contributed by atoms with Crippen LogP contribution in [0.3, 0.4) is 0 Å². The van der Waals surface area contributed by atoms with Crippen molar-refractivity contribution >= 4 is 28.9 Å². The van der Waals surface area contributed by atoms with E-state index in [2.05, 4.69) is 17.2 Å². The molecular formula is C22H26N2O3. The minimum Gasteiger partial charge on any atom is -0.449 e. The minimum atomic E-state index is -0.819. The molecule has 1 amide bonds. The van der Waals surface area contributed by atoms with Gasteiger partial charge in [-0.05, 0) is 43.9 Å². The van der Waals surface area contributed by atoms with Crippen molar-refractivity contribution in [2.45, 2.75) is 51.7 Å². The van der Waals surface area contributed by atoms with Gasteiger partial charge in [-0.1, -0.05) is 44.0 Å². The van der Waals surface area contributed by atoms with Crippen LogP contribution in [0.1, 0.15) is 45.2 Å². The number of carbonyl (C=O) groups excluding carboxylic acids is 2. The second-order valence-electron chi connectivity index (χ2n) is 7.22. The van der Waals surface area contributed by atoms with Crippen LogP contribution in [0.15, 0.2) is 42.5 Å². The number of amides is 1. The Morgan fingerprint density at radius 2 is 1.96 bits per heavy atom. The summed E-state index contributed by atoms with van der Waals surface area (Å²) in [6, 6.07) is 11.7. The van der Waals surface area contributed by atoms with Gasteiger partial charge >= 0.3 is 5.97 Å². The van der Waals surface area contributed by atoms with E-state index in [0.29, 0.717) is 11.6 Å². The fourth-order valence-corrected chi connectivity index (χ4v) is 3.43. The quantitative estimate of drug-likeness (QED) is 0.644. The molecule has 0 saturated heterocycles. The number of hydrogen-bond donors (Lipinski definition) is 1. The number of rotatable bonds is 5. The Morgan fingerprint density at radius 3 is 2.78 bits per heavy atom. The Balaban J connectivity index is 1.54. The van der Waals surface area contributed by atoms with E-state index in [1.807, 2.05) is 36.4 Å². The van der Waals surface area contributed by atoms with Crippen molar-refractivity contribution in [3.05, 3.63) is 48.2 Å². The summed E-state index contributed by atoms with van der Waals surface area (Å²) in [5, 5.41) is 4.06. The highest BCUT2D eigenvalue weighted by atomic mass is 16.5. The number of benzene rings is 1. The lowest BCUT2D eigenvalue weighted by Gasteiger charge is -2.30. The summed E-state index contributed by atoms with van der Waals surface area (Å²) >= 11 is 0. The number of fused-ring (bicyclic) bond motifs is 1. The molecule has 1 aliphatic carbocycles. The molecule has 3 rings (SSSR count). The van der Waals surface area contributed by atoms with E-state index >= 15 is 0 Å². The first-order chi connectivity index (χ1) is 13.0. The molecule has 1 fully saturated rings. The summed E-state index contributed by atoms with van der Waals surface area (Å²) < 4.78 is 5.23. The highest BCUT2D eigenvalue weighted by molar-refractivity contribution is 5.90. The van der Waals surface area contributed by atoms with E-state index < -0.39 is 12.1 Å². The first kappa shape index (κ1) is 19.1. The molecule has 1 aliphatic rings. The second kappa shape index (κ2) is 8.80. The molecule has 0 aliphatic heterocycles. The van der Waals surface area contributed by atoms with Crippen LogP contribution in [0.5, 0.6) is 0 Å². The Bertz CT molecular complexity index is 846. The van der Waals surface area contributed by atoms with Crippen LogP contribution >= 0.6 is 0 Å². The topological polar surface area (TPSA) is 68.3 Å². The van der Waals surface area contributed by atoms with E-state index in [1.54, 1.807) is 13.0 Å². The van der Waals surface area contributed by atoms with Crippen molar-refractivity contribution in [2.75, 3.05) is 0 Å². The fourth-order valence-electron chi connectivity index (χ4n) is 3.43. The summed E-state index contributed by atoms with van der Waals surface area (Å²) in [6.45, 7) is 3.75. The van der Waals surface area contributed by atoms with Gasteiger partial charge in [-0.25, -0.2) is 9.78 Å². The van der Waals surface area contributed by atoms with Gasteiger partial charge in [-0.3, -0.25) is 4.79 Å². The molecule has 2 aromatic rings. The maximum atomic E-state index is 12.3. The first-order valence-corrected chi connectivity index (χ1v) is 9.58. The fraction of sp³-hybridized carbons (Fsp3) is 0.409. The molecule has 1 N–H and O–H groups in total. The molecule has 1 heterocycles. The zero-order chi connectivity index (χ0) is 19.2. The number of nitrogens with zero attached hydrogens (tertiary/aromatic N) is 1. The van der Waals surface area contributed by atoms with Gasteiger partial charge in [0.1, 0.15) is 0 Å². The van der Waals surface area contributed by atoms with Gasteiger partial charge in [-0.2, -0.15) is 0 Å². The molecule has 5 heteroatoms. The average molecular weight is 366 g/mol. The van der Waals surface area contributed by atoms with Gasteiger partial charge in [0.25, 0.3) is 5.91 Å². The monoisotopic (exact) mass is 366 g/mol. The molecule has 0 bridgehead atoms. The number of hydrogen-bond acceptors (Lipinski definition) is 4. The summed E-state index contributed by atoms with van der Waals surface area (Å²) in [4.78, 5) is 28.8. The van der Waals surface area contributed by atoms with E-state index in [-0.39, 0.29) is 11.9 Å². The molecule has 27 heavy (non-hydrogen) atoms. The van der Waals surface area contributed by atoms with Crippen LogP contribution in [0.25, 0.3) is 17.0 Å². The summed E-state index contributed by atoms with van der Waals surface area (Å²) in [5.41, 5.74) is 1.53. The molecule has 5 nitrogen and oxygen atoms in total. The highest BCUT2D eigenvalue weighted by Gasteiger charge is 2.25. The Kier molecular flexibility index (Phi) is 6.22. The molecule has 1 aromatic heterocycles. The molecule has 0 radical (unpaired) electrons. The van der Waals surface area contributed by atoms with Gasteiger partial charge < -0.3 is 10.1 Å². The molecule has 1 aromatic carbocycles. The Hall–Kier alpha value is -2.69. The third-order valence-electron chi connectivity index (χ3n) is 5.11. The minimum absolute atomic E-state index is 0.171. The van der Waals surface area contributed by atoms with Crippen LogP contribution in [-0.4, -0.2) is 29.0 Å². The smallest absolute Gasteiger partial charge is 0.331 e. The third-order valence-corrected chi connectivity index (χ3v) is 5.11. The summed E-state index contributed by atoms with van der Waals surface area (Å²) in [6.07, 6.45) is 6.55. The standard InChI is InChI=1S/C22H26N2O3/c1-15-7-3-5-9-19(15)24-22(26)16(2)27-21(25)14-13-18-12-11-17-8-4-6-10-20(17)23-18/h4,6,8,10-16,19H,3,5,7,9H2,1-2H3,(H,24,26)/b14-13+/t15-,16-,19+/m1/s1. The van der Waals surface area contributed by atoms with E-state index in [4.69, 9.17) is 4.74 Å². The molecule has 0 spiro atoms. The normalized spacial score (nSPS) is 21.1. The highest BCUT2D eigenvalue weighted by Crippen LogP contribution is 2.23. The number of ether oxygens (including phenoxy) is 1. The van der Waals surface area contributed by atoms with Gasteiger partial charge in [0.15, 0.2) is 6.10 Å². The second-order valence-corrected chi connectivity index (χ2v) is 7.22. The van der Waals surface area contributed by atoms with E-state index in [1.165, 1.54) is 12.5 Å². The van der Waals surface area contributed by atoms with Crippen LogP contribution in [0, 0.1) is 5.92 Å². The maximum absolute atomic E-state index is 12.3. The Labute approximate surface area is 159 Å². The van der Waals surface area contributed by atoms with Gasteiger partial charge in [0.2, 0.25) is 0 Å². The molecule has 142 valence electrons. The number of esters is 1. The van der Waals surface area contributed by atoms with Crippen molar-refractivity contribution in [3.8, 4) is 0 Å². The third kappa shape index (κ3) is 5.16. The first-order valence-electron chi connectivity index (χ1n) is 9.58. The predicted octanol–water partition coefficient (Wildman–Crippen LogP) is 3.87. The van der Waals surface area contributed by atoms with Crippen LogP contribution in [0.2, 0.25) is 0 Å². The maximum Gasteiger partial charge on any atom is 0.331 e. The van der Waals surface area contributed by atoms with Crippen molar-refractivity contribution < 1.29 is 14.3 Å². The zero-order valence-electron chi connectivity index (χ0n) is 15.9. The molecule has 1 saturated carbocycles. The number of nitrogens with one attached hydrogen (secondary N) is 1. The Morgan fingerprint density at radius 1 is 1.19 bits per heavy atom. The SMILES string of the molecule is C[C@@H]1CCCC[C@@H]1NC(=O)[C@@H](C)OC(=O)/C=C/c1ccc2ccccc2n1. The number of para-hydroxylation sites is 1. The van der Waals surface area contributed by atoms with Crippen molar-refractivity contribution in [3.63, 3.8) is 0 Å². The van der Waals surface area contributed by atoms with Crippen molar-refractivity contribution in [2.24, 2.45) is 5.92 Å². The van der Waals surface area contributed by atoms with Crippen molar-refractivity contribution in [1.82, 2.24) is 10.3 Å². The van der Waals surface area contributed by atoms with E-state index in [0.717, 1.165) is 30.2 Å². The summed E-state index contributed by atoms with van der Waals surface area (Å²) in [7, 11) is 0. The van der Waals surface area contributed by atoms with Gasteiger partial charge in [0, 0.05) is 17.5 Å². The zero-order valence-corrected chi connectivity index (χ0v) is 15.9. The van der Waals surface area contributed by atoms with E-state index in [9.17, 15) is 9.59 Å². The summed E-state index contributed by atoms with van der Waals surface area (Å²) in [5.74, 6) is -0.326. The largest absolute Gasteiger partial charge is 0.449 e. The molecular weight excluding hydrogens is 340 g/mol. The number of aromatic nitrogens is 1. The van der Waals surface area contributed by atoms with Crippen LogP contribution < -0.4 is 5.32 Å². The van der Waals surface area contributed by atoms with Crippen LogP contribution in [-0.2, 0) is 14.3 Å². The molecule has 0 unspecified atom stereocenters. The lowest BCUT2D eigenvalue weighted by atomic mass is 9.86.